The fourth-order valence-corrected chi connectivity index (χ4v) is 1.42. The number of aliphatic hydroxyl groups excluding tert-OH is 1. The van der Waals surface area contributed by atoms with Crippen molar-refractivity contribution in [3.63, 3.8) is 0 Å². The van der Waals surface area contributed by atoms with Gasteiger partial charge in [-0.3, -0.25) is 0 Å². The molecule has 0 saturated carbocycles. The molecule has 0 heterocycles. The Morgan fingerprint density at radius 2 is 2.00 bits per heavy atom. The number of hydrogen-bond donors (Lipinski definition) is 1. The summed E-state index contributed by atoms with van der Waals surface area (Å²) in [5.41, 5.74) is 1.64. The molecular weight excluding hydrogens is 204 g/mol. The fourth-order valence-electron chi connectivity index (χ4n) is 1.42. The van der Waals surface area contributed by atoms with Gasteiger partial charge in [0.15, 0.2) is 6.10 Å². The highest BCUT2D eigenvalue weighted by molar-refractivity contribution is 5.76. The van der Waals surface area contributed by atoms with Crippen molar-refractivity contribution in [3.05, 3.63) is 35.4 Å². The van der Waals surface area contributed by atoms with Crippen LogP contribution in [0.1, 0.15) is 38.0 Å². The number of rotatable bonds is 2. The maximum absolute atomic E-state index is 11.2. The molecule has 1 N–H and O–H groups in total. The summed E-state index contributed by atoms with van der Waals surface area (Å²) in [6.45, 7) is 6.24. The number of hydrogen-bond acceptors (Lipinski definition) is 3. The van der Waals surface area contributed by atoms with Crippen molar-refractivity contribution in [1.82, 2.24) is 0 Å². The molecule has 1 rings (SSSR count). The van der Waals surface area contributed by atoms with E-state index in [-0.39, 0.29) is 5.41 Å². The maximum Gasteiger partial charge on any atom is 0.339 e. The van der Waals surface area contributed by atoms with E-state index in [9.17, 15) is 9.90 Å². The predicted molar refractivity (Wildman–Crippen MR) is 62.1 cm³/mol. The van der Waals surface area contributed by atoms with Crippen LogP contribution in [0.3, 0.4) is 0 Å². The smallest absolute Gasteiger partial charge is 0.339 e. The van der Waals surface area contributed by atoms with Crippen LogP contribution >= 0.6 is 0 Å². The van der Waals surface area contributed by atoms with Gasteiger partial charge in [0.2, 0.25) is 0 Å². The third-order valence-corrected chi connectivity index (χ3v) is 2.49. The first kappa shape index (κ1) is 12.7. The molecule has 0 aliphatic carbocycles. The van der Waals surface area contributed by atoms with Crippen LogP contribution in [0.15, 0.2) is 24.3 Å². The summed E-state index contributed by atoms with van der Waals surface area (Å²) in [4.78, 5) is 11.2. The van der Waals surface area contributed by atoms with E-state index in [0.29, 0.717) is 5.56 Å². The molecule has 3 heteroatoms. The van der Waals surface area contributed by atoms with E-state index in [0.717, 1.165) is 5.56 Å². The Kier molecular flexibility index (Phi) is 3.70. The summed E-state index contributed by atoms with van der Waals surface area (Å²) in [7, 11) is 1.26. The first-order valence-electron chi connectivity index (χ1n) is 5.22. The first-order chi connectivity index (χ1) is 7.36. The van der Waals surface area contributed by atoms with E-state index in [4.69, 9.17) is 0 Å². The monoisotopic (exact) mass is 222 g/mol. The number of benzene rings is 1. The maximum atomic E-state index is 11.2. The summed E-state index contributed by atoms with van der Waals surface area (Å²) in [6, 6.07) is 7.37. The molecule has 1 atom stereocenters. The van der Waals surface area contributed by atoms with Crippen molar-refractivity contribution in [1.29, 1.82) is 0 Å². The lowest BCUT2D eigenvalue weighted by molar-refractivity contribution is -0.150. The zero-order chi connectivity index (χ0) is 12.3. The van der Waals surface area contributed by atoms with E-state index >= 15 is 0 Å². The fraction of sp³-hybridized carbons (Fsp3) is 0.462. The molecule has 16 heavy (non-hydrogen) atoms. The lowest BCUT2D eigenvalue weighted by Gasteiger charge is -2.20. The highest BCUT2D eigenvalue weighted by Crippen LogP contribution is 2.25. The van der Waals surface area contributed by atoms with Crippen molar-refractivity contribution in [2.75, 3.05) is 7.11 Å². The lowest BCUT2D eigenvalue weighted by atomic mass is 9.86. The standard InChI is InChI=1S/C13H18O3/c1-13(2,3)10-7-5-6-9(8-10)11(14)12(15)16-4/h5-8,11,14H,1-4H3. The minimum atomic E-state index is -1.20. The van der Waals surface area contributed by atoms with Gasteiger partial charge in [0.25, 0.3) is 0 Å². The zero-order valence-corrected chi connectivity index (χ0v) is 10.2. The number of aliphatic hydroxyl groups is 1. The number of ether oxygens (including phenoxy) is 1. The zero-order valence-electron chi connectivity index (χ0n) is 10.2. The largest absolute Gasteiger partial charge is 0.467 e. The molecule has 0 radical (unpaired) electrons. The van der Waals surface area contributed by atoms with Crippen molar-refractivity contribution in [3.8, 4) is 0 Å². The van der Waals surface area contributed by atoms with Crippen molar-refractivity contribution >= 4 is 5.97 Å². The molecule has 0 bridgehead atoms. The summed E-state index contributed by atoms with van der Waals surface area (Å²) >= 11 is 0. The van der Waals surface area contributed by atoms with Gasteiger partial charge in [-0.05, 0) is 16.5 Å². The highest BCUT2D eigenvalue weighted by Gasteiger charge is 2.20. The van der Waals surface area contributed by atoms with Crippen molar-refractivity contribution in [2.45, 2.75) is 32.3 Å². The second-order valence-electron chi connectivity index (χ2n) is 4.80. The van der Waals surface area contributed by atoms with Crippen LogP contribution in [-0.2, 0) is 14.9 Å². The Hall–Kier alpha value is -1.35. The molecule has 0 aliphatic rings. The summed E-state index contributed by atoms with van der Waals surface area (Å²) in [5, 5.41) is 9.70. The minimum absolute atomic E-state index is 0.00809. The van der Waals surface area contributed by atoms with Gasteiger partial charge >= 0.3 is 5.97 Å². The number of carbonyl (C=O) groups is 1. The van der Waals surface area contributed by atoms with E-state index in [1.54, 1.807) is 6.07 Å². The average Bonchev–Trinajstić information content (AvgIpc) is 2.26. The first-order valence-corrected chi connectivity index (χ1v) is 5.22. The minimum Gasteiger partial charge on any atom is -0.467 e. The van der Waals surface area contributed by atoms with E-state index in [1.807, 2.05) is 18.2 Å². The van der Waals surface area contributed by atoms with Crippen molar-refractivity contribution < 1.29 is 14.6 Å². The van der Waals surface area contributed by atoms with Gasteiger partial charge in [0.1, 0.15) is 0 Å². The summed E-state index contributed by atoms with van der Waals surface area (Å²) < 4.78 is 4.50. The Morgan fingerprint density at radius 3 is 2.50 bits per heavy atom. The Labute approximate surface area is 96.1 Å². The van der Waals surface area contributed by atoms with Gasteiger partial charge < -0.3 is 9.84 Å². The summed E-state index contributed by atoms with van der Waals surface area (Å²) in [5.74, 6) is -0.633. The molecule has 88 valence electrons. The molecule has 1 aromatic rings. The van der Waals surface area contributed by atoms with Gasteiger partial charge in [-0.2, -0.15) is 0 Å². The Balaban J connectivity index is 3.04. The van der Waals surface area contributed by atoms with Gasteiger partial charge in [0, 0.05) is 0 Å². The molecule has 0 fully saturated rings. The predicted octanol–water partition coefficient (Wildman–Crippen LogP) is 2.19. The van der Waals surface area contributed by atoms with E-state index < -0.39 is 12.1 Å². The second kappa shape index (κ2) is 4.66. The van der Waals surface area contributed by atoms with E-state index in [2.05, 4.69) is 25.5 Å². The van der Waals surface area contributed by atoms with E-state index in [1.165, 1.54) is 7.11 Å². The van der Waals surface area contributed by atoms with Crippen LogP contribution in [0, 0.1) is 0 Å². The molecule has 0 aromatic heterocycles. The Bertz CT molecular complexity index is 377. The van der Waals surface area contributed by atoms with Gasteiger partial charge in [-0.15, -0.1) is 0 Å². The third kappa shape index (κ3) is 2.83. The van der Waals surface area contributed by atoms with Crippen LogP contribution in [0.5, 0.6) is 0 Å². The lowest BCUT2D eigenvalue weighted by Crippen LogP contribution is -2.16. The van der Waals surface area contributed by atoms with Gasteiger partial charge in [0.05, 0.1) is 7.11 Å². The molecule has 0 spiro atoms. The summed E-state index contributed by atoms with van der Waals surface area (Å²) in [6.07, 6.45) is -1.20. The third-order valence-electron chi connectivity index (χ3n) is 2.49. The number of methoxy groups -OCH3 is 1. The van der Waals surface area contributed by atoms with Gasteiger partial charge in [-0.25, -0.2) is 4.79 Å². The SMILES string of the molecule is COC(=O)C(O)c1cccc(C(C)(C)C)c1. The second-order valence-corrected chi connectivity index (χ2v) is 4.80. The van der Waals surface area contributed by atoms with Crippen LogP contribution in [-0.4, -0.2) is 18.2 Å². The molecule has 0 amide bonds. The number of esters is 1. The van der Waals surface area contributed by atoms with Crippen LogP contribution < -0.4 is 0 Å². The quantitative estimate of drug-likeness (QED) is 0.780. The molecule has 3 nitrogen and oxygen atoms in total. The average molecular weight is 222 g/mol. The van der Waals surface area contributed by atoms with Crippen LogP contribution in [0.2, 0.25) is 0 Å². The molecule has 0 aliphatic heterocycles. The molecule has 1 unspecified atom stereocenters. The van der Waals surface area contributed by atoms with Crippen molar-refractivity contribution in [2.24, 2.45) is 0 Å². The highest BCUT2D eigenvalue weighted by atomic mass is 16.5. The van der Waals surface area contributed by atoms with Crippen LogP contribution in [0.25, 0.3) is 0 Å². The normalized spacial score (nSPS) is 13.3. The van der Waals surface area contributed by atoms with Crippen LogP contribution in [0.4, 0.5) is 0 Å². The van der Waals surface area contributed by atoms with Gasteiger partial charge in [-0.1, -0.05) is 45.0 Å². The molecule has 1 aromatic carbocycles. The Morgan fingerprint density at radius 1 is 1.38 bits per heavy atom. The molecule has 0 saturated heterocycles. The molecular formula is C13H18O3. The topological polar surface area (TPSA) is 46.5 Å². The number of carbonyl (C=O) groups excluding carboxylic acids is 1.